The summed E-state index contributed by atoms with van der Waals surface area (Å²) in [5.74, 6) is -0.0913. The number of amides is 2. The fourth-order valence-corrected chi connectivity index (χ4v) is 3.55. The normalized spacial score (nSPS) is 11.8. The lowest BCUT2D eigenvalue weighted by Gasteiger charge is -2.09. The molecule has 0 aliphatic heterocycles. The number of aliphatic imine (C=N–C) groups is 1. The molecule has 0 fully saturated rings. The Labute approximate surface area is 264 Å². The fourth-order valence-electron chi connectivity index (χ4n) is 3.55. The van der Waals surface area contributed by atoms with Crippen molar-refractivity contribution in [3.8, 4) is 0 Å². The van der Waals surface area contributed by atoms with E-state index in [1.165, 1.54) is 13.0 Å². The number of ketones is 1. The van der Waals surface area contributed by atoms with Crippen LogP contribution >= 0.6 is 0 Å². The minimum atomic E-state index is -0.510. The van der Waals surface area contributed by atoms with Crippen LogP contribution in [0.2, 0.25) is 0 Å². The summed E-state index contributed by atoms with van der Waals surface area (Å²) in [6, 6.07) is 15.0. The lowest BCUT2D eigenvalue weighted by atomic mass is 10.0. The summed E-state index contributed by atoms with van der Waals surface area (Å²) in [7, 11) is 0. The van der Waals surface area contributed by atoms with E-state index in [4.69, 9.17) is 9.73 Å². The van der Waals surface area contributed by atoms with Gasteiger partial charge in [0.15, 0.2) is 5.78 Å². The Bertz CT molecular complexity index is 1270. The second-order valence-electron chi connectivity index (χ2n) is 12.0. The molecule has 0 saturated heterocycles. The van der Waals surface area contributed by atoms with Crippen LogP contribution in [0, 0.1) is 5.41 Å². The largest absolute Gasteiger partial charge is 0.450 e. The van der Waals surface area contributed by atoms with Gasteiger partial charge in [-0.2, -0.15) is 0 Å². The first-order valence-electron chi connectivity index (χ1n) is 15.3. The van der Waals surface area contributed by atoms with Crippen LogP contribution in [-0.4, -0.2) is 43.2 Å². The molecule has 44 heavy (non-hydrogen) atoms. The van der Waals surface area contributed by atoms with Crippen LogP contribution < -0.4 is 16.0 Å². The van der Waals surface area contributed by atoms with Gasteiger partial charge in [0, 0.05) is 24.5 Å². The highest BCUT2D eigenvalue weighted by atomic mass is 16.5. The third-order valence-electron chi connectivity index (χ3n) is 5.73. The monoisotopic (exact) mass is 604 g/mol. The standard InChI is InChI=1S/C31H40N4O4.C5H12/c1-5-23(3)32-18-7-8-19-33-30(37)21-25-13-15-27(16-14-25)29(17-12-24(4)36)34-22-26-10-9-11-28(20-26)35-31(38)39-6-2;1-5(2,3)4/h5,9-17,20,32H,6-8,18-19,21-22H2,1-4H3,(H,33,37)(H,35,38);1-4H3/b17-12-,23-5+,34-29?;. The Kier molecular flexibility index (Phi) is 17.8. The first kappa shape index (κ1) is 37.8. The van der Waals surface area contributed by atoms with Crippen molar-refractivity contribution in [2.75, 3.05) is 25.0 Å². The maximum atomic E-state index is 12.3. The van der Waals surface area contributed by atoms with Crippen molar-refractivity contribution in [1.82, 2.24) is 10.6 Å². The molecule has 0 aliphatic rings. The van der Waals surface area contributed by atoms with Crippen molar-refractivity contribution in [1.29, 1.82) is 0 Å². The fraction of sp³-hybridized carbons (Fsp3) is 0.444. The Morgan fingerprint density at radius 2 is 1.52 bits per heavy atom. The average Bonchev–Trinajstić information content (AvgIpc) is 2.94. The van der Waals surface area contributed by atoms with Crippen molar-refractivity contribution in [3.05, 3.63) is 89.1 Å². The Morgan fingerprint density at radius 1 is 0.886 bits per heavy atom. The number of anilines is 1. The molecule has 240 valence electrons. The first-order valence-corrected chi connectivity index (χ1v) is 15.3. The van der Waals surface area contributed by atoms with E-state index in [9.17, 15) is 14.4 Å². The summed E-state index contributed by atoms with van der Waals surface area (Å²) < 4.78 is 4.93. The van der Waals surface area contributed by atoms with E-state index in [2.05, 4.69) is 43.6 Å². The number of nitrogens with one attached hydrogen (secondary N) is 3. The van der Waals surface area contributed by atoms with Gasteiger partial charge >= 0.3 is 6.09 Å². The van der Waals surface area contributed by atoms with Gasteiger partial charge in [0.05, 0.1) is 25.3 Å². The molecule has 8 heteroatoms. The highest BCUT2D eigenvalue weighted by Crippen LogP contribution is 2.14. The first-order chi connectivity index (χ1) is 20.8. The Balaban J connectivity index is 0.00000178. The second kappa shape index (κ2) is 20.7. The number of benzene rings is 2. The number of rotatable bonds is 15. The van der Waals surface area contributed by atoms with Crippen LogP contribution in [0.3, 0.4) is 0 Å². The second-order valence-corrected chi connectivity index (χ2v) is 12.0. The van der Waals surface area contributed by atoms with Crippen LogP contribution in [0.25, 0.3) is 0 Å². The van der Waals surface area contributed by atoms with Gasteiger partial charge in [-0.05, 0) is 86.9 Å². The number of hydrogen-bond acceptors (Lipinski definition) is 6. The Morgan fingerprint density at radius 3 is 2.11 bits per heavy atom. The number of carbonyl (C=O) groups is 3. The summed E-state index contributed by atoms with van der Waals surface area (Å²) in [4.78, 5) is 40.3. The lowest BCUT2D eigenvalue weighted by Crippen LogP contribution is -2.26. The predicted molar refractivity (Wildman–Crippen MR) is 182 cm³/mol. The molecule has 2 amide bonds. The van der Waals surface area contributed by atoms with Crippen LogP contribution in [0.15, 0.2) is 77.4 Å². The zero-order valence-electron chi connectivity index (χ0n) is 27.9. The Hall–Kier alpha value is -4.20. The van der Waals surface area contributed by atoms with Crippen molar-refractivity contribution in [3.63, 3.8) is 0 Å². The van der Waals surface area contributed by atoms with Gasteiger partial charge in [0.25, 0.3) is 0 Å². The molecular weight excluding hydrogens is 552 g/mol. The van der Waals surface area contributed by atoms with Gasteiger partial charge in [-0.15, -0.1) is 0 Å². The van der Waals surface area contributed by atoms with Crippen LogP contribution in [0.5, 0.6) is 0 Å². The zero-order valence-corrected chi connectivity index (χ0v) is 27.9. The van der Waals surface area contributed by atoms with Crippen molar-refractivity contribution in [2.24, 2.45) is 10.4 Å². The lowest BCUT2D eigenvalue weighted by molar-refractivity contribution is -0.120. The molecule has 0 bridgehead atoms. The van der Waals surface area contributed by atoms with Crippen molar-refractivity contribution < 1.29 is 19.1 Å². The van der Waals surface area contributed by atoms with Gasteiger partial charge in [-0.1, -0.05) is 70.2 Å². The SMILES string of the molecule is C/C=C(\C)NCCCCNC(=O)Cc1ccc(C(/C=C\C(C)=O)=NCc2cccc(NC(=O)OCC)c2)cc1.CC(C)(C)C. The third kappa shape index (κ3) is 19.1. The smallest absolute Gasteiger partial charge is 0.411 e. The van der Waals surface area contributed by atoms with E-state index >= 15 is 0 Å². The van der Waals surface area contributed by atoms with E-state index in [-0.39, 0.29) is 11.7 Å². The molecule has 2 aromatic carbocycles. The van der Waals surface area contributed by atoms with Gasteiger partial charge in [0.2, 0.25) is 5.91 Å². The van der Waals surface area contributed by atoms with E-state index in [1.54, 1.807) is 19.1 Å². The molecule has 0 radical (unpaired) electrons. The maximum Gasteiger partial charge on any atom is 0.411 e. The zero-order chi connectivity index (χ0) is 33.0. The molecule has 0 spiro atoms. The summed E-state index contributed by atoms with van der Waals surface area (Å²) in [6.07, 6.45) is 6.90. The molecule has 0 atom stereocenters. The summed E-state index contributed by atoms with van der Waals surface area (Å²) in [5, 5.41) is 8.98. The van der Waals surface area contributed by atoms with Gasteiger partial charge in [-0.3, -0.25) is 19.9 Å². The van der Waals surface area contributed by atoms with Crippen molar-refractivity contribution >= 4 is 29.2 Å². The van der Waals surface area contributed by atoms with Crippen LogP contribution in [0.1, 0.15) is 84.9 Å². The number of ether oxygens (including phenoxy) is 1. The molecule has 0 aromatic heterocycles. The van der Waals surface area contributed by atoms with E-state index in [0.29, 0.717) is 42.9 Å². The topological polar surface area (TPSA) is 109 Å². The van der Waals surface area contributed by atoms with Crippen LogP contribution in [-0.2, 0) is 27.3 Å². The number of unbranched alkanes of at least 4 members (excludes halogenated alkanes) is 1. The molecule has 0 saturated carbocycles. The van der Waals surface area contributed by atoms with Gasteiger partial charge < -0.3 is 15.4 Å². The number of nitrogens with zero attached hydrogens (tertiary/aromatic N) is 1. The van der Waals surface area contributed by atoms with E-state index in [1.807, 2.05) is 62.4 Å². The van der Waals surface area contributed by atoms with Gasteiger partial charge in [-0.25, -0.2) is 4.79 Å². The van der Waals surface area contributed by atoms with E-state index in [0.717, 1.165) is 41.8 Å². The third-order valence-corrected chi connectivity index (χ3v) is 5.73. The molecule has 0 heterocycles. The van der Waals surface area contributed by atoms with Crippen LogP contribution in [0.4, 0.5) is 10.5 Å². The number of allylic oxidation sites excluding steroid dienone is 4. The van der Waals surface area contributed by atoms with Crippen molar-refractivity contribution in [2.45, 2.75) is 81.2 Å². The highest BCUT2D eigenvalue weighted by molar-refractivity contribution is 6.11. The average molecular weight is 605 g/mol. The highest BCUT2D eigenvalue weighted by Gasteiger charge is 2.07. The molecule has 2 aromatic rings. The molecule has 3 N–H and O–H groups in total. The molecular formula is C36H52N4O4. The summed E-state index contributed by atoms with van der Waals surface area (Å²) in [6.45, 7) is 18.2. The maximum absolute atomic E-state index is 12.3. The number of hydrogen-bond donors (Lipinski definition) is 3. The molecule has 0 unspecified atom stereocenters. The molecule has 2 rings (SSSR count). The minimum Gasteiger partial charge on any atom is -0.450 e. The predicted octanol–water partition coefficient (Wildman–Crippen LogP) is 7.39. The molecule has 0 aliphatic carbocycles. The summed E-state index contributed by atoms with van der Waals surface area (Å²) >= 11 is 0. The van der Waals surface area contributed by atoms with Gasteiger partial charge in [0.1, 0.15) is 0 Å². The van der Waals surface area contributed by atoms with E-state index < -0.39 is 6.09 Å². The minimum absolute atomic E-state index is 0.0120. The quantitative estimate of drug-likeness (QED) is 0.112. The summed E-state index contributed by atoms with van der Waals surface area (Å²) in [5.41, 5.74) is 5.54. The molecule has 8 nitrogen and oxygen atoms in total. The number of carbonyl (C=O) groups excluding carboxylic acids is 3.